The molecule has 0 aromatic carbocycles. The summed E-state index contributed by atoms with van der Waals surface area (Å²) < 4.78 is 9.47. The van der Waals surface area contributed by atoms with Crippen molar-refractivity contribution in [2.45, 2.75) is 46.0 Å². The molecule has 0 fully saturated rings. The average Bonchev–Trinajstić information content (AvgIpc) is 2.41. The van der Waals surface area contributed by atoms with Crippen LogP contribution in [0.3, 0.4) is 0 Å². The van der Waals surface area contributed by atoms with Gasteiger partial charge < -0.3 is 9.47 Å². The van der Waals surface area contributed by atoms with Crippen LogP contribution in [0.5, 0.6) is 0 Å². The molecule has 104 valence electrons. The Balaban J connectivity index is 4.56. The van der Waals surface area contributed by atoms with E-state index in [-0.39, 0.29) is 17.9 Å². The Bertz CT molecular complexity index is 294. The minimum absolute atomic E-state index is 0.255. The molecule has 1 atom stereocenters. The first-order valence-electron chi connectivity index (χ1n) is 6.41. The van der Waals surface area contributed by atoms with Gasteiger partial charge >= 0.3 is 11.9 Å². The molecule has 0 saturated heterocycles. The molecule has 0 unspecified atom stereocenters. The van der Waals surface area contributed by atoms with Gasteiger partial charge in [0.15, 0.2) is 0 Å². The van der Waals surface area contributed by atoms with Gasteiger partial charge in [0.25, 0.3) is 0 Å². The number of hydrogen-bond donors (Lipinski definition) is 0. The lowest BCUT2D eigenvalue weighted by atomic mass is 9.93. The van der Waals surface area contributed by atoms with Gasteiger partial charge in [-0.1, -0.05) is 32.3 Å². The van der Waals surface area contributed by atoms with Crippen molar-refractivity contribution in [1.82, 2.24) is 0 Å². The summed E-state index contributed by atoms with van der Waals surface area (Å²) in [7, 11) is 2.72. The maximum Gasteiger partial charge on any atom is 0.333 e. The van der Waals surface area contributed by atoms with Crippen LogP contribution in [0.4, 0.5) is 0 Å². The van der Waals surface area contributed by atoms with Gasteiger partial charge in [0, 0.05) is 5.57 Å². The zero-order valence-electron chi connectivity index (χ0n) is 11.8. The molecule has 0 spiro atoms. The van der Waals surface area contributed by atoms with Crippen LogP contribution < -0.4 is 0 Å². The molecule has 0 heterocycles. The van der Waals surface area contributed by atoms with Crippen molar-refractivity contribution in [3.8, 4) is 0 Å². The summed E-state index contributed by atoms with van der Waals surface area (Å²) in [5.74, 6) is -0.886. The molecule has 0 rings (SSSR count). The van der Waals surface area contributed by atoms with E-state index in [1.807, 2.05) is 0 Å². The van der Waals surface area contributed by atoms with Crippen molar-refractivity contribution in [3.05, 3.63) is 11.6 Å². The van der Waals surface area contributed by atoms with Gasteiger partial charge in [-0.25, -0.2) is 4.79 Å². The number of rotatable bonds is 8. The lowest BCUT2D eigenvalue weighted by Crippen LogP contribution is -2.19. The van der Waals surface area contributed by atoms with E-state index in [1.54, 1.807) is 13.0 Å². The topological polar surface area (TPSA) is 52.6 Å². The van der Waals surface area contributed by atoms with E-state index in [2.05, 4.69) is 11.7 Å². The smallest absolute Gasteiger partial charge is 0.333 e. The maximum atomic E-state index is 11.7. The first-order chi connectivity index (χ1) is 8.60. The maximum absolute atomic E-state index is 11.7. The van der Waals surface area contributed by atoms with E-state index in [0.29, 0.717) is 12.0 Å². The summed E-state index contributed by atoms with van der Waals surface area (Å²) in [5, 5.41) is 0. The van der Waals surface area contributed by atoms with Crippen molar-refractivity contribution in [3.63, 3.8) is 0 Å². The second kappa shape index (κ2) is 9.68. The lowest BCUT2D eigenvalue weighted by Gasteiger charge is -2.15. The first kappa shape index (κ1) is 16.7. The predicted octanol–water partition coefficient (Wildman–Crippen LogP) is 2.87. The lowest BCUT2D eigenvalue weighted by molar-refractivity contribution is -0.145. The van der Waals surface area contributed by atoms with Crippen molar-refractivity contribution in [1.29, 1.82) is 0 Å². The molecular weight excluding hydrogens is 232 g/mol. The van der Waals surface area contributed by atoms with Gasteiger partial charge in [0.05, 0.1) is 20.1 Å². The standard InChI is InChI=1S/C14H24O4/c1-5-7-8-9-12(14(16)18-4)10-11(6-2)13(15)17-3/h6,12H,5,7-10H2,1-4H3/b11-6-/t12-/m0/s1. The van der Waals surface area contributed by atoms with Crippen LogP contribution in [-0.2, 0) is 19.1 Å². The molecule has 0 aromatic heterocycles. The fourth-order valence-electron chi connectivity index (χ4n) is 1.83. The van der Waals surface area contributed by atoms with E-state index in [0.717, 1.165) is 25.7 Å². The average molecular weight is 256 g/mol. The highest BCUT2D eigenvalue weighted by atomic mass is 16.5. The van der Waals surface area contributed by atoms with Crippen LogP contribution in [-0.4, -0.2) is 26.2 Å². The molecule has 0 radical (unpaired) electrons. The summed E-state index contributed by atoms with van der Waals surface area (Å²) in [6, 6.07) is 0. The fourth-order valence-corrected chi connectivity index (χ4v) is 1.83. The van der Waals surface area contributed by atoms with Crippen LogP contribution in [0.2, 0.25) is 0 Å². The Morgan fingerprint density at radius 2 is 1.83 bits per heavy atom. The second-order valence-electron chi connectivity index (χ2n) is 4.23. The quantitative estimate of drug-likeness (QED) is 0.380. The van der Waals surface area contributed by atoms with Crippen LogP contribution in [0.15, 0.2) is 11.6 Å². The van der Waals surface area contributed by atoms with Gasteiger partial charge in [-0.15, -0.1) is 0 Å². The van der Waals surface area contributed by atoms with E-state index in [4.69, 9.17) is 4.74 Å². The highest BCUT2D eigenvalue weighted by molar-refractivity contribution is 5.89. The van der Waals surface area contributed by atoms with Crippen molar-refractivity contribution in [2.24, 2.45) is 5.92 Å². The molecule has 0 amide bonds. The second-order valence-corrected chi connectivity index (χ2v) is 4.23. The van der Waals surface area contributed by atoms with Crippen LogP contribution >= 0.6 is 0 Å². The molecule has 0 N–H and O–H groups in total. The van der Waals surface area contributed by atoms with E-state index >= 15 is 0 Å². The number of esters is 2. The molecule has 0 aliphatic rings. The van der Waals surface area contributed by atoms with Gasteiger partial charge in [-0.3, -0.25) is 4.79 Å². The summed E-state index contributed by atoms with van der Waals surface area (Å²) >= 11 is 0. The van der Waals surface area contributed by atoms with E-state index < -0.39 is 0 Å². The number of carbonyl (C=O) groups excluding carboxylic acids is 2. The van der Waals surface area contributed by atoms with Gasteiger partial charge in [-0.05, 0) is 19.8 Å². The van der Waals surface area contributed by atoms with Crippen molar-refractivity contribution in [2.75, 3.05) is 14.2 Å². The molecule has 0 bridgehead atoms. The Kier molecular flexibility index (Phi) is 8.97. The highest BCUT2D eigenvalue weighted by Gasteiger charge is 2.23. The molecule has 0 aliphatic heterocycles. The summed E-state index contributed by atoms with van der Waals surface area (Å²) in [6.45, 7) is 3.88. The van der Waals surface area contributed by atoms with Crippen molar-refractivity contribution < 1.29 is 19.1 Å². The summed E-state index contributed by atoms with van der Waals surface area (Å²) in [5.41, 5.74) is 0.532. The largest absolute Gasteiger partial charge is 0.469 e. The zero-order valence-corrected chi connectivity index (χ0v) is 11.8. The SMILES string of the molecule is C/C=C(/C[C@H](CCCCC)C(=O)OC)C(=O)OC. The Hall–Kier alpha value is -1.32. The molecule has 18 heavy (non-hydrogen) atoms. The zero-order chi connectivity index (χ0) is 14.0. The monoisotopic (exact) mass is 256 g/mol. The number of unbranched alkanes of at least 4 members (excludes halogenated alkanes) is 2. The Morgan fingerprint density at radius 3 is 2.28 bits per heavy atom. The van der Waals surface area contributed by atoms with Gasteiger partial charge in [-0.2, -0.15) is 0 Å². The minimum atomic E-state index is -0.373. The third-order valence-electron chi connectivity index (χ3n) is 2.95. The molecule has 0 aliphatic carbocycles. The predicted molar refractivity (Wildman–Crippen MR) is 70.0 cm³/mol. The number of allylic oxidation sites excluding steroid dienone is 1. The van der Waals surface area contributed by atoms with Crippen LogP contribution in [0.1, 0.15) is 46.0 Å². The molecule has 0 aromatic rings. The van der Waals surface area contributed by atoms with E-state index in [9.17, 15) is 9.59 Å². The number of hydrogen-bond acceptors (Lipinski definition) is 4. The third kappa shape index (κ3) is 5.84. The molecular formula is C14H24O4. The molecule has 0 saturated carbocycles. The third-order valence-corrected chi connectivity index (χ3v) is 2.95. The summed E-state index contributed by atoms with van der Waals surface area (Å²) in [6.07, 6.45) is 5.97. The summed E-state index contributed by atoms with van der Waals surface area (Å²) in [4.78, 5) is 23.1. The Labute approximate surface area is 109 Å². The Morgan fingerprint density at radius 1 is 1.17 bits per heavy atom. The van der Waals surface area contributed by atoms with Gasteiger partial charge in [0.2, 0.25) is 0 Å². The normalized spacial score (nSPS) is 13.0. The number of carbonyl (C=O) groups is 2. The van der Waals surface area contributed by atoms with Crippen molar-refractivity contribution >= 4 is 11.9 Å². The minimum Gasteiger partial charge on any atom is -0.469 e. The van der Waals surface area contributed by atoms with E-state index in [1.165, 1.54) is 14.2 Å². The fraction of sp³-hybridized carbons (Fsp3) is 0.714. The molecule has 4 nitrogen and oxygen atoms in total. The number of methoxy groups -OCH3 is 2. The molecule has 4 heteroatoms. The highest BCUT2D eigenvalue weighted by Crippen LogP contribution is 2.21. The van der Waals surface area contributed by atoms with Crippen LogP contribution in [0.25, 0.3) is 0 Å². The first-order valence-corrected chi connectivity index (χ1v) is 6.41. The van der Waals surface area contributed by atoms with Crippen LogP contribution in [0, 0.1) is 5.92 Å². The number of ether oxygens (including phenoxy) is 2. The van der Waals surface area contributed by atoms with Gasteiger partial charge in [0.1, 0.15) is 0 Å².